The average molecular weight is 254 g/mol. The minimum Gasteiger partial charge on any atom is -0.465 e. The number of ether oxygens (including phenoxy) is 1. The maximum atomic E-state index is 12.1. The molecule has 2 aliphatic heterocycles. The number of carbonyl (C=O) groups is 1. The quantitative estimate of drug-likeness (QED) is 0.750. The fourth-order valence-electron chi connectivity index (χ4n) is 3.54. The normalized spacial score (nSPS) is 33.4. The fraction of sp³-hybridized carbons (Fsp3) is 0.929. The van der Waals surface area contributed by atoms with Gasteiger partial charge in [-0.3, -0.25) is 9.69 Å². The van der Waals surface area contributed by atoms with Crippen LogP contribution in [0.4, 0.5) is 0 Å². The summed E-state index contributed by atoms with van der Waals surface area (Å²) in [6.07, 6.45) is 1.94. The van der Waals surface area contributed by atoms with Crippen molar-refractivity contribution in [1.29, 1.82) is 0 Å². The Hall–Kier alpha value is -0.610. The van der Waals surface area contributed by atoms with Crippen molar-refractivity contribution in [2.75, 3.05) is 26.2 Å². The number of nitrogens with one attached hydrogen (secondary N) is 1. The molecule has 2 fully saturated rings. The number of rotatable bonds is 5. The van der Waals surface area contributed by atoms with Crippen LogP contribution in [-0.4, -0.2) is 49.2 Å². The zero-order valence-electron chi connectivity index (χ0n) is 11.8. The molecule has 0 aromatic heterocycles. The van der Waals surface area contributed by atoms with Crippen LogP contribution in [0.3, 0.4) is 0 Å². The number of likely N-dealkylation sites (tertiary alicyclic amines) is 1. The third-order valence-electron chi connectivity index (χ3n) is 4.50. The van der Waals surface area contributed by atoms with Crippen LogP contribution in [0.25, 0.3) is 0 Å². The molecule has 0 spiro atoms. The summed E-state index contributed by atoms with van der Waals surface area (Å²) >= 11 is 0. The van der Waals surface area contributed by atoms with Crippen LogP contribution >= 0.6 is 0 Å². The van der Waals surface area contributed by atoms with Crippen LogP contribution in [0.5, 0.6) is 0 Å². The van der Waals surface area contributed by atoms with E-state index < -0.39 is 0 Å². The molecule has 2 heterocycles. The molecule has 0 bridgehead atoms. The number of hydrogen-bond acceptors (Lipinski definition) is 4. The summed E-state index contributed by atoms with van der Waals surface area (Å²) in [5, 5.41) is 3.46. The first-order valence-electron chi connectivity index (χ1n) is 7.32. The van der Waals surface area contributed by atoms with Gasteiger partial charge >= 0.3 is 5.97 Å². The topological polar surface area (TPSA) is 41.6 Å². The van der Waals surface area contributed by atoms with E-state index in [9.17, 15) is 4.79 Å². The Kier molecular flexibility index (Phi) is 4.62. The summed E-state index contributed by atoms with van der Waals surface area (Å²) in [6, 6.07) is 0.460. The molecule has 2 rings (SSSR count). The van der Waals surface area contributed by atoms with E-state index in [0.717, 1.165) is 32.5 Å². The Morgan fingerprint density at radius 2 is 2.22 bits per heavy atom. The molecular formula is C14H26N2O2. The van der Waals surface area contributed by atoms with Crippen molar-refractivity contribution in [3.8, 4) is 0 Å². The van der Waals surface area contributed by atoms with Crippen LogP contribution in [-0.2, 0) is 9.53 Å². The number of fused-ring (bicyclic) bond motifs is 1. The first kappa shape index (κ1) is 13.8. The zero-order valence-corrected chi connectivity index (χ0v) is 11.8. The molecule has 0 aromatic carbocycles. The lowest BCUT2D eigenvalue weighted by Gasteiger charge is -2.31. The van der Waals surface area contributed by atoms with Crippen molar-refractivity contribution in [2.45, 2.75) is 45.7 Å². The van der Waals surface area contributed by atoms with Crippen molar-refractivity contribution in [3.63, 3.8) is 0 Å². The lowest BCUT2D eigenvalue weighted by molar-refractivity contribution is -0.150. The van der Waals surface area contributed by atoms with E-state index in [0.29, 0.717) is 24.5 Å². The zero-order chi connectivity index (χ0) is 13.1. The molecule has 0 aliphatic carbocycles. The van der Waals surface area contributed by atoms with Crippen molar-refractivity contribution in [3.05, 3.63) is 0 Å². The van der Waals surface area contributed by atoms with Gasteiger partial charge in [0, 0.05) is 12.6 Å². The van der Waals surface area contributed by atoms with E-state index in [2.05, 4.69) is 24.1 Å². The third kappa shape index (κ3) is 2.54. The Morgan fingerprint density at radius 1 is 1.44 bits per heavy atom. The van der Waals surface area contributed by atoms with Gasteiger partial charge in [-0.15, -0.1) is 0 Å². The SMILES string of the molecule is CCCC(C(=O)OCC)N1CC2CNCC2C1C. The molecule has 2 saturated heterocycles. The van der Waals surface area contributed by atoms with Crippen LogP contribution in [0.1, 0.15) is 33.6 Å². The van der Waals surface area contributed by atoms with E-state index >= 15 is 0 Å². The molecule has 104 valence electrons. The smallest absolute Gasteiger partial charge is 0.323 e. The number of nitrogens with zero attached hydrogens (tertiary/aromatic N) is 1. The van der Waals surface area contributed by atoms with Gasteiger partial charge < -0.3 is 10.1 Å². The highest BCUT2D eigenvalue weighted by Crippen LogP contribution is 2.34. The molecule has 18 heavy (non-hydrogen) atoms. The van der Waals surface area contributed by atoms with E-state index in [-0.39, 0.29) is 12.0 Å². The molecule has 0 radical (unpaired) electrons. The number of carbonyl (C=O) groups excluding carboxylic acids is 1. The minimum absolute atomic E-state index is 0.0286. The Morgan fingerprint density at radius 3 is 2.83 bits per heavy atom. The predicted molar refractivity (Wildman–Crippen MR) is 71.3 cm³/mol. The van der Waals surface area contributed by atoms with Gasteiger partial charge in [-0.25, -0.2) is 0 Å². The highest BCUT2D eigenvalue weighted by atomic mass is 16.5. The standard InChI is InChI=1S/C14H26N2O2/c1-4-6-13(14(17)18-5-2)16-9-11-7-15-8-12(11)10(16)3/h10-13,15H,4-9H2,1-3H3. The largest absolute Gasteiger partial charge is 0.465 e. The summed E-state index contributed by atoms with van der Waals surface area (Å²) < 4.78 is 5.24. The molecule has 4 unspecified atom stereocenters. The predicted octanol–water partition coefficient (Wildman–Crippen LogP) is 1.26. The summed E-state index contributed by atoms with van der Waals surface area (Å²) in [5.74, 6) is 1.40. The molecule has 1 N–H and O–H groups in total. The van der Waals surface area contributed by atoms with Crippen molar-refractivity contribution in [2.24, 2.45) is 11.8 Å². The Bertz CT molecular complexity index is 296. The molecular weight excluding hydrogens is 228 g/mol. The molecule has 4 nitrogen and oxygen atoms in total. The van der Waals surface area contributed by atoms with Gasteiger partial charge in [0.2, 0.25) is 0 Å². The highest BCUT2D eigenvalue weighted by Gasteiger charge is 2.45. The number of hydrogen-bond donors (Lipinski definition) is 1. The second-order valence-electron chi connectivity index (χ2n) is 5.58. The van der Waals surface area contributed by atoms with Crippen molar-refractivity contribution >= 4 is 5.97 Å². The van der Waals surface area contributed by atoms with E-state index in [4.69, 9.17) is 4.74 Å². The van der Waals surface area contributed by atoms with Gasteiger partial charge in [-0.2, -0.15) is 0 Å². The summed E-state index contributed by atoms with van der Waals surface area (Å²) in [7, 11) is 0. The maximum Gasteiger partial charge on any atom is 0.323 e. The molecule has 4 atom stereocenters. The van der Waals surface area contributed by atoms with Gasteiger partial charge in [0.15, 0.2) is 0 Å². The molecule has 0 aromatic rings. The van der Waals surface area contributed by atoms with Crippen LogP contribution in [0, 0.1) is 11.8 Å². The van der Waals surface area contributed by atoms with Gasteiger partial charge in [-0.05, 0) is 45.2 Å². The van der Waals surface area contributed by atoms with Crippen LogP contribution < -0.4 is 5.32 Å². The van der Waals surface area contributed by atoms with Crippen molar-refractivity contribution in [1.82, 2.24) is 10.2 Å². The van der Waals surface area contributed by atoms with E-state index in [1.807, 2.05) is 6.92 Å². The second-order valence-corrected chi connectivity index (χ2v) is 5.58. The van der Waals surface area contributed by atoms with Gasteiger partial charge in [0.25, 0.3) is 0 Å². The molecule has 4 heteroatoms. The van der Waals surface area contributed by atoms with Crippen molar-refractivity contribution < 1.29 is 9.53 Å². The van der Waals surface area contributed by atoms with E-state index in [1.165, 1.54) is 0 Å². The van der Waals surface area contributed by atoms with E-state index in [1.54, 1.807) is 0 Å². The monoisotopic (exact) mass is 254 g/mol. The van der Waals surface area contributed by atoms with Gasteiger partial charge in [0.05, 0.1) is 6.61 Å². The average Bonchev–Trinajstić information content (AvgIpc) is 2.90. The van der Waals surface area contributed by atoms with Crippen LogP contribution in [0.15, 0.2) is 0 Å². The molecule has 0 amide bonds. The maximum absolute atomic E-state index is 12.1. The van der Waals surface area contributed by atoms with Gasteiger partial charge in [-0.1, -0.05) is 13.3 Å². The van der Waals surface area contributed by atoms with Gasteiger partial charge in [0.1, 0.15) is 6.04 Å². The summed E-state index contributed by atoms with van der Waals surface area (Å²) in [5.41, 5.74) is 0. The molecule has 2 aliphatic rings. The first-order valence-corrected chi connectivity index (χ1v) is 7.32. The first-order chi connectivity index (χ1) is 8.69. The summed E-state index contributed by atoms with van der Waals surface area (Å²) in [4.78, 5) is 14.5. The Balaban J connectivity index is 2.04. The highest BCUT2D eigenvalue weighted by molar-refractivity contribution is 5.75. The fourth-order valence-corrected chi connectivity index (χ4v) is 3.54. The number of esters is 1. The third-order valence-corrected chi connectivity index (χ3v) is 4.50. The lowest BCUT2D eigenvalue weighted by atomic mass is 9.95. The van der Waals surface area contributed by atoms with Crippen LogP contribution in [0.2, 0.25) is 0 Å². The lowest BCUT2D eigenvalue weighted by Crippen LogP contribution is -2.46. The minimum atomic E-state index is -0.0319. The molecule has 0 saturated carbocycles. The summed E-state index contributed by atoms with van der Waals surface area (Å²) in [6.45, 7) is 10.0. The Labute approximate surface area is 110 Å². The second kappa shape index (κ2) is 6.02.